The van der Waals surface area contributed by atoms with E-state index in [4.69, 9.17) is 4.52 Å². The van der Waals surface area contributed by atoms with Gasteiger partial charge >= 0.3 is 0 Å². The molecule has 9 heteroatoms. The van der Waals surface area contributed by atoms with Gasteiger partial charge in [0.25, 0.3) is 11.8 Å². The van der Waals surface area contributed by atoms with E-state index in [0.29, 0.717) is 24.9 Å². The second kappa shape index (κ2) is 7.09. The van der Waals surface area contributed by atoms with Crippen LogP contribution in [0.2, 0.25) is 0 Å². The second-order valence-electron chi connectivity index (χ2n) is 6.09. The normalized spacial score (nSPS) is 15.8. The lowest BCUT2D eigenvalue weighted by Crippen LogP contribution is -2.49. The number of benzene rings is 2. The molecule has 0 saturated carbocycles. The molecular formula is C18H17FN4O3S. The number of nitrogens with zero attached hydrogens (tertiary/aromatic N) is 4. The number of piperazine rings is 1. The Balaban J connectivity index is 1.47. The molecule has 27 heavy (non-hydrogen) atoms. The third-order valence-electron chi connectivity index (χ3n) is 4.41. The smallest absolute Gasteiger partial charge is 0.266 e. The summed E-state index contributed by atoms with van der Waals surface area (Å²) in [6, 6.07) is 14.8. The Labute approximate surface area is 156 Å². The van der Waals surface area contributed by atoms with Gasteiger partial charge < -0.3 is 9.42 Å². The minimum absolute atomic E-state index is 0.214. The number of sulfonamides is 1. The molecule has 0 radical (unpaired) electrons. The zero-order valence-corrected chi connectivity index (χ0v) is 15.1. The Morgan fingerprint density at radius 2 is 1.59 bits per heavy atom. The summed E-state index contributed by atoms with van der Waals surface area (Å²) >= 11 is 0. The maximum Gasteiger partial charge on any atom is 0.266 e. The number of aromatic nitrogens is 2. The third kappa shape index (κ3) is 3.43. The van der Waals surface area contributed by atoms with Crippen LogP contribution in [0.5, 0.6) is 0 Å². The van der Waals surface area contributed by atoms with E-state index in [0.717, 1.165) is 11.6 Å². The highest BCUT2D eigenvalue weighted by Crippen LogP contribution is 2.23. The molecule has 0 bridgehead atoms. The Bertz CT molecular complexity index is 1030. The summed E-state index contributed by atoms with van der Waals surface area (Å²) in [6.07, 6.45) is 0. The van der Waals surface area contributed by atoms with Gasteiger partial charge in [-0.25, -0.2) is 12.8 Å². The molecule has 1 saturated heterocycles. The molecule has 0 amide bonds. The molecule has 140 valence electrons. The second-order valence-corrected chi connectivity index (χ2v) is 7.99. The van der Waals surface area contributed by atoms with Gasteiger partial charge in [0.05, 0.1) is 0 Å². The standard InChI is InChI=1S/C18H17FN4O3S/c19-15-8-4-5-9-16(15)27(24,25)23-12-10-22(11-13-23)18-20-17(26-21-18)14-6-2-1-3-7-14/h1-9H,10-13H2. The molecular weight excluding hydrogens is 371 g/mol. The number of hydrogen-bond acceptors (Lipinski definition) is 6. The average molecular weight is 388 g/mol. The van der Waals surface area contributed by atoms with Crippen molar-refractivity contribution in [3.8, 4) is 11.5 Å². The highest BCUT2D eigenvalue weighted by molar-refractivity contribution is 7.89. The molecule has 0 aliphatic carbocycles. The minimum Gasteiger partial charge on any atom is -0.336 e. The number of halogens is 1. The SMILES string of the molecule is O=S(=O)(c1ccccc1F)N1CCN(c2noc(-c3ccccc3)n2)CC1. The van der Waals surface area contributed by atoms with Crippen LogP contribution < -0.4 is 4.90 Å². The van der Waals surface area contributed by atoms with Gasteiger partial charge in [0.1, 0.15) is 10.7 Å². The van der Waals surface area contributed by atoms with Crippen LogP contribution in [0.4, 0.5) is 10.3 Å². The van der Waals surface area contributed by atoms with Gasteiger partial charge in [-0.15, -0.1) is 0 Å². The molecule has 1 aliphatic heterocycles. The maximum atomic E-state index is 13.9. The average Bonchev–Trinajstić information content (AvgIpc) is 3.19. The van der Waals surface area contributed by atoms with E-state index < -0.39 is 15.8 Å². The van der Waals surface area contributed by atoms with Crippen LogP contribution >= 0.6 is 0 Å². The minimum atomic E-state index is -3.87. The van der Waals surface area contributed by atoms with Crippen molar-refractivity contribution < 1.29 is 17.3 Å². The number of rotatable bonds is 4. The highest BCUT2D eigenvalue weighted by Gasteiger charge is 2.31. The molecule has 1 fully saturated rings. The highest BCUT2D eigenvalue weighted by atomic mass is 32.2. The number of anilines is 1. The molecule has 3 aromatic rings. The topological polar surface area (TPSA) is 79.5 Å². The van der Waals surface area contributed by atoms with E-state index in [-0.39, 0.29) is 18.0 Å². The Morgan fingerprint density at radius 1 is 0.926 bits per heavy atom. The van der Waals surface area contributed by atoms with Crippen LogP contribution in [0.1, 0.15) is 0 Å². The zero-order chi connectivity index (χ0) is 18.9. The summed E-state index contributed by atoms with van der Waals surface area (Å²) < 4.78 is 45.8. The lowest BCUT2D eigenvalue weighted by Gasteiger charge is -2.33. The first kappa shape index (κ1) is 17.6. The van der Waals surface area contributed by atoms with Crippen LogP contribution in [0.25, 0.3) is 11.5 Å². The van der Waals surface area contributed by atoms with Crippen LogP contribution in [-0.4, -0.2) is 49.0 Å². The number of hydrogen-bond donors (Lipinski definition) is 0. The van der Waals surface area contributed by atoms with E-state index in [1.54, 1.807) is 0 Å². The largest absolute Gasteiger partial charge is 0.336 e. The predicted molar refractivity (Wildman–Crippen MR) is 97.1 cm³/mol. The Hall–Kier alpha value is -2.78. The fourth-order valence-electron chi connectivity index (χ4n) is 2.96. The molecule has 0 unspecified atom stereocenters. The van der Waals surface area contributed by atoms with Gasteiger partial charge in [0.15, 0.2) is 0 Å². The summed E-state index contributed by atoms with van der Waals surface area (Å²) in [6.45, 7) is 1.21. The van der Waals surface area contributed by atoms with E-state index in [1.165, 1.54) is 22.5 Å². The monoisotopic (exact) mass is 388 g/mol. The molecule has 0 atom stereocenters. The van der Waals surface area contributed by atoms with E-state index in [1.807, 2.05) is 35.2 Å². The molecule has 1 aromatic heterocycles. The van der Waals surface area contributed by atoms with Crippen molar-refractivity contribution >= 4 is 16.0 Å². The van der Waals surface area contributed by atoms with E-state index >= 15 is 0 Å². The molecule has 7 nitrogen and oxygen atoms in total. The predicted octanol–water partition coefficient (Wildman–Crippen LogP) is 2.39. The maximum absolute atomic E-state index is 13.9. The zero-order valence-electron chi connectivity index (χ0n) is 14.3. The van der Waals surface area contributed by atoms with Crippen molar-refractivity contribution in [3.63, 3.8) is 0 Å². The first-order chi connectivity index (χ1) is 13.1. The molecule has 4 rings (SSSR count). The molecule has 0 N–H and O–H groups in total. The summed E-state index contributed by atoms with van der Waals surface area (Å²) in [5, 5.41) is 3.99. The first-order valence-electron chi connectivity index (χ1n) is 8.44. The lowest BCUT2D eigenvalue weighted by molar-refractivity contribution is 0.375. The van der Waals surface area contributed by atoms with Crippen molar-refractivity contribution in [3.05, 3.63) is 60.4 Å². The fraction of sp³-hybridized carbons (Fsp3) is 0.222. The molecule has 2 heterocycles. The quantitative estimate of drug-likeness (QED) is 0.683. The Kier molecular flexibility index (Phi) is 4.63. The van der Waals surface area contributed by atoms with Crippen molar-refractivity contribution in [2.75, 3.05) is 31.1 Å². The third-order valence-corrected chi connectivity index (χ3v) is 6.34. The van der Waals surface area contributed by atoms with Crippen LogP contribution in [0, 0.1) is 5.82 Å². The van der Waals surface area contributed by atoms with E-state index in [2.05, 4.69) is 10.1 Å². The molecule has 0 spiro atoms. The van der Waals surface area contributed by atoms with Gasteiger partial charge in [0.2, 0.25) is 10.0 Å². The van der Waals surface area contributed by atoms with Crippen molar-refractivity contribution in [2.24, 2.45) is 0 Å². The van der Waals surface area contributed by atoms with Crippen LogP contribution in [-0.2, 0) is 10.0 Å². The fourth-order valence-corrected chi connectivity index (χ4v) is 4.45. The Morgan fingerprint density at radius 3 is 2.30 bits per heavy atom. The lowest BCUT2D eigenvalue weighted by atomic mass is 10.2. The van der Waals surface area contributed by atoms with Crippen molar-refractivity contribution in [2.45, 2.75) is 4.90 Å². The van der Waals surface area contributed by atoms with Crippen LogP contribution in [0.15, 0.2) is 64.0 Å². The summed E-state index contributed by atoms with van der Waals surface area (Å²) in [7, 11) is -3.87. The van der Waals surface area contributed by atoms with Crippen molar-refractivity contribution in [1.29, 1.82) is 0 Å². The summed E-state index contributed by atoms with van der Waals surface area (Å²) in [5.74, 6) is 0.0781. The molecule has 1 aliphatic rings. The van der Waals surface area contributed by atoms with Gasteiger partial charge in [-0.3, -0.25) is 0 Å². The first-order valence-corrected chi connectivity index (χ1v) is 9.88. The van der Waals surface area contributed by atoms with Gasteiger partial charge in [-0.1, -0.05) is 30.3 Å². The van der Waals surface area contributed by atoms with Gasteiger partial charge in [-0.2, -0.15) is 9.29 Å². The van der Waals surface area contributed by atoms with E-state index in [9.17, 15) is 12.8 Å². The van der Waals surface area contributed by atoms with Gasteiger partial charge in [0, 0.05) is 31.7 Å². The summed E-state index contributed by atoms with van der Waals surface area (Å²) in [5.41, 5.74) is 0.817. The molecule has 2 aromatic carbocycles. The van der Waals surface area contributed by atoms with Crippen LogP contribution in [0.3, 0.4) is 0 Å². The van der Waals surface area contributed by atoms with Gasteiger partial charge in [-0.05, 0) is 29.4 Å². The van der Waals surface area contributed by atoms with Crippen molar-refractivity contribution in [1.82, 2.24) is 14.4 Å². The summed E-state index contributed by atoms with van der Waals surface area (Å²) in [4.78, 5) is 5.93.